The summed E-state index contributed by atoms with van der Waals surface area (Å²) in [5.41, 5.74) is 1.46. The maximum Gasteiger partial charge on any atom is 0.278 e. The molecule has 1 aromatic carbocycles. The summed E-state index contributed by atoms with van der Waals surface area (Å²) in [7, 11) is 0. The van der Waals surface area contributed by atoms with Crippen molar-refractivity contribution < 1.29 is 9.84 Å². The highest BCUT2D eigenvalue weighted by molar-refractivity contribution is 6.42. The van der Waals surface area contributed by atoms with Crippen molar-refractivity contribution in [2.75, 3.05) is 38.2 Å². The first-order valence-corrected chi connectivity index (χ1v) is 10.4. The topological polar surface area (TPSA) is 108 Å². The molecule has 9 nitrogen and oxygen atoms in total. The molecule has 3 aromatic rings. The number of aromatic amines is 1. The zero-order valence-corrected chi connectivity index (χ0v) is 18.9. The summed E-state index contributed by atoms with van der Waals surface area (Å²) in [6.07, 6.45) is 1.56. The minimum Gasteiger partial charge on any atom is -0.395 e. The highest BCUT2D eigenvalue weighted by Gasteiger charge is 2.22. The van der Waals surface area contributed by atoms with Crippen LogP contribution >= 0.6 is 35.6 Å². The van der Waals surface area contributed by atoms with E-state index in [4.69, 9.17) is 27.9 Å². The predicted molar refractivity (Wildman–Crippen MR) is 122 cm³/mol. The van der Waals surface area contributed by atoms with Gasteiger partial charge in [0.25, 0.3) is 5.56 Å². The number of aliphatic hydroxyl groups is 1. The second kappa shape index (κ2) is 10.6. The van der Waals surface area contributed by atoms with Crippen molar-refractivity contribution in [1.29, 1.82) is 0 Å². The maximum absolute atomic E-state index is 12.7. The Kier molecular flexibility index (Phi) is 8.15. The summed E-state index contributed by atoms with van der Waals surface area (Å²) in [5, 5.41) is 18.2. The van der Waals surface area contributed by atoms with Crippen LogP contribution in [0.5, 0.6) is 0 Å². The third kappa shape index (κ3) is 5.49. The molecule has 0 bridgehead atoms. The van der Waals surface area contributed by atoms with Crippen molar-refractivity contribution in [3.63, 3.8) is 0 Å². The van der Waals surface area contributed by atoms with E-state index in [-0.39, 0.29) is 30.6 Å². The van der Waals surface area contributed by atoms with Crippen LogP contribution in [0.3, 0.4) is 0 Å². The van der Waals surface area contributed by atoms with E-state index in [1.165, 1.54) is 0 Å². The fourth-order valence-corrected chi connectivity index (χ4v) is 3.82. The van der Waals surface area contributed by atoms with Gasteiger partial charge < -0.3 is 15.2 Å². The minimum atomic E-state index is -0.298. The van der Waals surface area contributed by atoms with Crippen LogP contribution in [0.15, 0.2) is 29.2 Å². The molecule has 4 rings (SSSR count). The highest BCUT2D eigenvalue weighted by Crippen LogP contribution is 2.23. The Balaban J connectivity index is 0.00000272. The SMILES string of the molecule is Cl.O=c1[nH]c(NCc2ccc(Cl)c(Cl)c2)nc2cnn(CC(CO)N3CCOCC3)c12. The third-order valence-electron chi connectivity index (χ3n) is 5.10. The molecule has 3 N–H and O–H groups in total. The number of ether oxygens (including phenoxy) is 1. The zero-order chi connectivity index (χ0) is 21.1. The molecule has 0 amide bonds. The fraction of sp³-hybridized carbons (Fsp3) is 0.421. The van der Waals surface area contributed by atoms with Crippen LogP contribution in [0.4, 0.5) is 5.95 Å². The molecule has 1 aliphatic heterocycles. The van der Waals surface area contributed by atoms with Crippen LogP contribution in [0.2, 0.25) is 10.0 Å². The number of aromatic nitrogens is 4. The van der Waals surface area contributed by atoms with Gasteiger partial charge >= 0.3 is 0 Å². The standard InChI is InChI=1S/C19H22Cl2N6O3.ClH/c20-14-2-1-12(7-15(14)21)8-22-19-24-16-9-23-27(17(16)18(29)25-19)10-13(11-28)26-3-5-30-6-4-26;/h1-2,7,9,13,28H,3-6,8,10-11H2,(H2,22,24,25,29);1H. The minimum absolute atomic E-state index is 0. The highest BCUT2D eigenvalue weighted by atomic mass is 35.5. The van der Waals surface area contributed by atoms with Crippen molar-refractivity contribution in [3.05, 3.63) is 50.4 Å². The molecular weight excluding hydrogens is 467 g/mol. The van der Waals surface area contributed by atoms with Crippen LogP contribution < -0.4 is 10.9 Å². The number of hydrogen-bond donors (Lipinski definition) is 3. The number of halogens is 3. The fourth-order valence-electron chi connectivity index (χ4n) is 3.49. The lowest BCUT2D eigenvalue weighted by Crippen LogP contribution is -2.47. The Bertz CT molecular complexity index is 1080. The number of fused-ring (bicyclic) bond motifs is 1. The maximum atomic E-state index is 12.7. The van der Waals surface area contributed by atoms with Gasteiger partial charge in [0.2, 0.25) is 5.95 Å². The van der Waals surface area contributed by atoms with Crippen molar-refractivity contribution in [2.45, 2.75) is 19.1 Å². The molecule has 1 fully saturated rings. The van der Waals surface area contributed by atoms with Gasteiger partial charge in [-0.25, -0.2) is 4.98 Å². The van der Waals surface area contributed by atoms with Crippen LogP contribution in [0.1, 0.15) is 5.56 Å². The van der Waals surface area contributed by atoms with E-state index in [9.17, 15) is 9.90 Å². The molecule has 1 atom stereocenters. The molecule has 0 aliphatic carbocycles. The monoisotopic (exact) mass is 488 g/mol. The van der Waals surface area contributed by atoms with Crippen molar-refractivity contribution >= 4 is 52.6 Å². The molecule has 0 radical (unpaired) electrons. The number of nitrogens with one attached hydrogen (secondary N) is 2. The predicted octanol–water partition coefficient (Wildman–Crippen LogP) is 2.15. The summed E-state index contributed by atoms with van der Waals surface area (Å²) in [4.78, 5) is 22.1. The molecule has 12 heteroatoms. The van der Waals surface area contributed by atoms with Crippen molar-refractivity contribution in [3.8, 4) is 0 Å². The van der Waals surface area contributed by atoms with E-state index >= 15 is 0 Å². The molecule has 1 saturated heterocycles. The van der Waals surface area contributed by atoms with Crippen LogP contribution in [0, 0.1) is 0 Å². The quantitative estimate of drug-likeness (QED) is 0.467. The number of morpholine rings is 1. The number of hydrogen-bond acceptors (Lipinski definition) is 7. The zero-order valence-electron chi connectivity index (χ0n) is 16.6. The Labute approximate surface area is 194 Å². The molecule has 168 valence electrons. The molecule has 31 heavy (non-hydrogen) atoms. The largest absolute Gasteiger partial charge is 0.395 e. The van der Waals surface area contributed by atoms with Gasteiger partial charge in [0, 0.05) is 19.6 Å². The van der Waals surface area contributed by atoms with E-state index in [0.29, 0.717) is 53.3 Å². The van der Waals surface area contributed by atoms with Gasteiger partial charge in [0.15, 0.2) is 5.52 Å². The van der Waals surface area contributed by atoms with Gasteiger partial charge in [-0.3, -0.25) is 19.4 Å². The van der Waals surface area contributed by atoms with E-state index in [1.54, 1.807) is 23.0 Å². The second-order valence-corrected chi connectivity index (χ2v) is 7.88. The lowest BCUT2D eigenvalue weighted by molar-refractivity contribution is -0.00158. The summed E-state index contributed by atoms with van der Waals surface area (Å²) in [6, 6.07) is 5.17. The van der Waals surface area contributed by atoms with E-state index in [1.807, 2.05) is 6.07 Å². The lowest BCUT2D eigenvalue weighted by atomic mass is 10.2. The van der Waals surface area contributed by atoms with E-state index < -0.39 is 0 Å². The lowest BCUT2D eigenvalue weighted by Gasteiger charge is -2.33. The number of H-pyrrole nitrogens is 1. The molecule has 2 aromatic heterocycles. The summed E-state index contributed by atoms with van der Waals surface area (Å²) >= 11 is 12.0. The van der Waals surface area contributed by atoms with Gasteiger partial charge in [-0.05, 0) is 17.7 Å². The van der Waals surface area contributed by atoms with Gasteiger partial charge in [0.05, 0.1) is 48.6 Å². The molecule has 1 aliphatic rings. The van der Waals surface area contributed by atoms with Gasteiger partial charge in [0.1, 0.15) is 5.52 Å². The molecule has 0 spiro atoms. The number of rotatable bonds is 7. The first-order valence-electron chi connectivity index (χ1n) is 9.61. The smallest absolute Gasteiger partial charge is 0.278 e. The Morgan fingerprint density at radius 3 is 2.74 bits per heavy atom. The number of aliphatic hydroxyl groups excluding tert-OH is 1. The Morgan fingerprint density at radius 2 is 2.03 bits per heavy atom. The van der Waals surface area contributed by atoms with Crippen LogP contribution in [-0.4, -0.2) is 68.7 Å². The van der Waals surface area contributed by atoms with Gasteiger partial charge in [-0.15, -0.1) is 12.4 Å². The second-order valence-electron chi connectivity index (χ2n) is 7.06. The van der Waals surface area contributed by atoms with Crippen LogP contribution in [0.25, 0.3) is 11.0 Å². The van der Waals surface area contributed by atoms with Gasteiger partial charge in [-0.1, -0.05) is 29.3 Å². The summed E-state index contributed by atoms with van der Waals surface area (Å²) in [5.74, 6) is 0.338. The molecule has 3 heterocycles. The summed E-state index contributed by atoms with van der Waals surface area (Å²) < 4.78 is 6.97. The van der Waals surface area contributed by atoms with Crippen molar-refractivity contribution in [1.82, 2.24) is 24.6 Å². The molecule has 0 saturated carbocycles. The number of benzene rings is 1. The summed E-state index contributed by atoms with van der Waals surface area (Å²) in [6.45, 7) is 3.52. The van der Waals surface area contributed by atoms with E-state index in [0.717, 1.165) is 18.7 Å². The van der Waals surface area contributed by atoms with E-state index in [2.05, 4.69) is 25.3 Å². The number of anilines is 1. The Morgan fingerprint density at radius 1 is 1.26 bits per heavy atom. The van der Waals surface area contributed by atoms with Gasteiger partial charge in [-0.2, -0.15) is 5.10 Å². The first kappa shape index (κ1) is 23.8. The van der Waals surface area contributed by atoms with Crippen molar-refractivity contribution in [2.24, 2.45) is 0 Å². The molecular formula is C19H23Cl3N6O3. The first-order chi connectivity index (χ1) is 14.5. The molecule has 1 unspecified atom stereocenters. The van der Waals surface area contributed by atoms with Crippen LogP contribution in [-0.2, 0) is 17.8 Å². The Hall–Kier alpha value is -1.88. The normalized spacial score (nSPS) is 15.6. The third-order valence-corrected chi connectivity index (χ3v) is 5.84. The average Bonchev–Trinajstić information content (AvgIpc) is 3.16. The number of nitrogens with zero attached hydrogens (tertiary/aromatic N) is 4. The average molecular weight is 490 g/mol.